The van der Waals surface area contributed by atoms with Crippen molar-refractivity contribution in [3.05, 3.63) is 35.4 Å². The van der Waals surface area contributed by atoms with Crippen molar-refractivity contribution in [2.75, 3.05) is 29.9 Å². The molecule has 0 atom stereocenters. The monoisotopic (exact) mass is 296 g/mol. The molecule has 6 nitrogen and oxygen atoms in total. The predicted molar refractivity (Wildman–Crippen MR) is 85.2 cm³/mol. The molecule has 0 saturated carbocycles. The molecule has 2 aromatic heterocycles. The highest BCUT2D eigenvalue weighted by Crippen LogP contribution is 2.27. The second-order valence-corrected chi connectivity index (χ2v) is 6.22. The van der Waals surface area contributed by atoms with E-state index >= 15 is 0 Å². The highest BCUT2D eigenvalue weighted by molar-refractivity contribution is 5.49. The summed E-state index contributed by atoms with van der Waals surface area (Å²) in [5.41, 5.74) is 3.52. The standard InChI is InChI=1S/C16H20N6/c1-11-7-17-8-16(18-11)21(2)13-9-22(10-13)15-6-12-4-3-5-14(12)19-20-15/h6-8,13H,3-5,9-10H2,1-2H3. The van der Waals surface area contributed by atoms with Crippen LogP contribution in [0.1, 0.15) is 23.4 Å². The highest BCUT2D eigenvalue weighted by atomic mass is 15.4. The summed E-state index contributed by atoms with van der Waals surface area (Å²) in [5.74, 6) is 1.95. The molecule has 2 aliphatic rings. The van der Waals surface area contributed by atoms with Crippen molar-refractivity contribution in [3.8, 4) is 0 Å². The molecule has 1 fully saturated rings. The minimum absolute atomic E-state index is 0.450. The third-order valence-electron chi connectivity index (χ3n) is 4.64. The van der Waals surface area contributed by atoms with Gasteiger partial charge < -0.3 is 9.80 Å². The minimum atomic E-state index is 0.450. The number of rotatable bonds is 3. The van der Waals surface area contributed by atoms with Gasteiger partial charge in [0.2, 0.25) is 0 Å². The third-order valence-corrected chi connectivity index (χ3v) is 4.64. The molecule has 4 rings (SSSR count). The van der Waals surface area contributed by atoms with E-state index in [2.05, 4.69) is 43.1 Å². The molecule has 3 heterocycles. The molecule has 0 radical (unpaired) electrons. The number of aromatic nitrogens is 4. The summed E-state index contributed by atoms with van der Waals surface area (Å²) in [7, 11) is 2.08. The van der Waals surface area contributed by atoms with Crippen LogP contribution in [0.4, 0.5) is 11.6 Å². The topological polar surface area (TPSA) is 58.0 Å². The van der Waals surface area contributed by atoms with Gasteiger partial charge in [0.15, 0.2) is 5.82 Å². The third kappa shape index (κ3) is 2.28. The van der Waals surface area contributed by atoms with E-state index in [4.69, 9.17) is 0 Å². The van der Waals surface area contributed by atoms with Crippen molar-refractivity contribution in [3.63, 3.8) is 0 Å². The van der Waals surface area contributed by atoms with Crippen LogP contribution in [-0.4, -0.2) is 46.3 Å². The average molecular weight is 296 g/mol. The lowest BCUT2D eigenvalue weighted by Gasteiger charge is -2.44. The van der Waals surface area contributed by atoms with Crippen LogP contribution in [0.2, 0.25) is 0 Å². The fourth-order valence-corrected chi connectivity index (χ4v) is 3.17. The summed E-state index contributed by atoms with van der Waals surface area (Å²) in [6.07, 6.45) is 7.05. The average Bonchev–Trinajstić information content (AvgIpc) is 2.93. The van der Waals surface area contributed by atoms with Crippen LogP contribution in [0.5, 0.6) is 0 Å². The normalized spacial score (nSPS) is 17.3. The predicted octanol–water partition coefficient (Wildman–Crippen LogP) is 1.39. The molecular weight excluding hydrogens is 276 g/mol. The lowest BCUT2D eigenvalue weighted by atomic mass is 10.1. The molecule has 1 saturated heterocycles. The smallest absolute Gasteiger partial charge is 0.151 e. The van der Waals surface area contributed by atoms with Gasteiger partial charge in [-0.15, -0.1) is 5.10 Å². The summed E-state index contributed by atoms with van der Waals surface area (Å²) in [4.78, 5) is 13.3. The maximum atomic E-state index is 4.54. The molecule has 0 N–H and O–H groups in total. The Bertz CT molecular complexity index is 695. The summed E-state index contributed by atoms with van der Waals surface area (Å²) in [6, 6.07) is 2.67. The molecule has 114 valence electrons. The van der Waals surface area contributed by atoms with E-state index in [9.17, 15) is 0 Å². The first-order chi connectivity index (χ1) is 10.7. The van der Waals surface area contributed by atoms with Gasteiger partial charge in [-0.2, -0.15) is 5.10 Å². The van der Waals surface area contributed by atoms with Gasteiger partial charge >= 0.3 is 0 Å². The van der Waals surface area contributed by atoms with Crippen molar-refractivity contribution in [2.45, 2.75) is 32.2 Å². The maximum Gasteiger partial charge on any atom is 0.151 e. The Kier molecular flexibility index (Phi) is 3.17. The van der Waals surface area contributed by atoms with Crippen molar-refractivity contribution in [1.82, 2.24) is 20.2 Å². The Morgan fingerprint density at radius 1 is 1.18 bits per heavy atom. The zero-order chi connectivity index (χ0) is 15.1. The van der Waals surface area contributed by atoms with Gasteiger partial charge in [0.25, 0.3) is 0 Å². The summed E-state index contributed by atoms with van der Waals surface area (Å²) < 4.78 is 0. The van der Waals surface area contributed by atoms with Gasteiger partial charge in [0.05, 0.1) is 23.6 Å². The fourth-order valence-electron chi connectivity index (χ4n) is 3.17. The number of anilines is 2. The van der Waals surface area contributed by atoms with Gasteiger partial charge in [-0.1, -0.05) is 0 Å². The van der Waals surface area contributed by atoms with Crippen molar-refractivity contribution < 1.29 is 0 Å². The summed E-state index contributed by atoms with van der Waals surface area (Å²) in [6.45, 7) is 3.89. The van der Waals surface area contributed by atoms with Gasteiger partial charge in [0.1, 0.15) is 5.82 Å². The van der Waals surface area contributed by atoms with Crippen LogP contribution >= 0.6 is 0 Å². The Morgan fingerprint density at radius 2 is 2.05 bits per heavy atom. The minimum Gasteiger partial charge on any atom is -0.352 e. The van der Waals surface area contributed by atoms with Crippen LogP contribution in [0.3, 0.4) is 0 Å². The van der Waals surface area contributed by atoms with Gasteiger partial charge in [0, 0.05) is 26.3 Å². The Hall–Kier alpha value is -2.24. The van der Waals surface area contributed by atoms with Gasteiger partial charge in [-0.05, 0) is 37.8 Å². The molecule has 0 bridgehead atoms. The number of aryl methyl sites for hydroxylation is 3. The number of fused-ring (bicyclic) bond motifs is 1. The van der Waals surface area contributed by atoms with E-state index < -0.39 is 0 Å². The van der Waals surface area contributed by atoms with Crippen molar-refractivity contribution >= 4 is 11.6 Å². The summed E-state index contributed by atoms with van der Waals surface area (Å²) in [5, 5.41) is 8.76. The lowest BCUT2D eigenvalue weighted by molar-refractivity contribution is 0.487. The fraction of sp³-hybridized carbons (Fsp3) is 0.500. The van der Waals surface area contributed by atoms with Crippen LogP contribution in [0.25, 0.3) is 0 Å². The number of hydrogen-bond donors (Lipinski definition) is 0. The molecular formula is C16H20N6. The molecule has 0 aromatic carbocycles. The van der Waals surface area contributed by atoms with E-state index in [-0.39, 0.29) is 0 Å². The summed E-state index contributed by atoms with van der Waals surface area (Å²) >= 11 is 0. The van der Waals surface area contributed by atoms with E-state index in [1.807, 2.05) is 13.1 Å². The molecule has 0 spiro atoms. The first-order valence-corrected chi connectivity index (χ1v) is 7.82. The SMILES string of the molecule is Cc1cncc(N(C)C2CN(c3cc4c(nn3)CCC4)C2)n1. The zero-order valence-corrected chi connectivity index (χ0v) is 13.0. The van der Waals surface area contributed by atoms with Crippen molar-refractivity contribution in [1.29, 1.82) is 0 Å². The van der Waals surface area contributed by atoms with Crippen LogP contribution in [0.15, 0.2) is 18.5 Å². The molecule has 0 unspecified atom stereocenters. The Morgan fingerprint density at radius 3 is 2.86 bits per heavy atom. The Balaban J connectivity index is 1.43. The van der Waals surface area contributed by atoms with Crippen LogP contribution in [-0.2, 0) is 12.8 Å². The lowest BCUT2D eigenvalue weighted by Crippen LogP contribution is -2.59. The number of nitrogens with zero attached hydrogens (tertiary/aromatic N) is 6. The molecule has 2 aromatic rings. The van der Waals surface area contributed by atoms with Crippen LogP contribution in [0, 0.1) is 6.92 Å². The van der Waals surface area contributed by atoms with E-state index in [1.54, 1.807) is 6.20 Å². The van der Waals surface area contributed by atoms with Crippen LogP contribution < -0.4 is 9.80 Å². The first-order valence-electron chi connectivity index (χ1n) is 7.82. The number of hydrogen-bond acceptors (Lipinski definition) is 6. The van der Waals surface area contributed by atoms with Gasteiger partial charge in [-0.3, -0.25) is 4.98 Å². The maximum absolute atomic E-state index is 4.54. The Labute approximate surface area is 130 Å². The van der Waals surface area contributed by atoms with Gasteiger partial charge in [-0.25, -0.2) is 4.98 Å². The second kappa shape index (κ2) is 5.19. The molecule has 0 amide bonds. The molecule has 6 heteroatoms. The highest BCUT2D eigenvalue weighted by Gasteiger charge is 2.32. The molecule has 1 aliphatic heterocycles. The molecule has 22 heavy (non-hydrogen) atoms. The quantitative estimate of drug-likeness (QED) is 0.853. The van der Waals surface area contributed by atoms with E-state index in [0.717, 1.165) is 43.3 Å². The first kappa shape index (κ1) is 13.4. The van der Waals surface area contributed by atoms with Crippen molar-refractivity contribution in [2.24, 2.45) is 0 Å². The zero-order valence-electron chi connectivity index (χ0n) is 13.0. The van der Waals surface area contributed by atoms with E-state index in [0.29, 0.717) is 6.04 Å². The largest absolute Gasteiger partial charge is 0.352 e. The van der Waals surface area contributed by atoms with E-state index in [1.165, 1.54) is 17.7 Å². The molecule has 1 aliphatic carbocycles. The second-order valence-electron chi connectivity index (χ2n) is 6.22. The number of likely N-dealkylation sites (N-methyl/N-ethyl adjacent to an activating group) is 1.